The molecule has 97 heavy (non-hydrogen) atoms. The van der Waals surface area contributed by atoms with E-state index >= 15 is 0 Å². The number of hydrogen-bond acceptors (Lipinski definition) is 14. The Balaban J connectivity index is 0.000000531. The van der Waals surface area contributed by atoms with Gasteiger partial charge in [-0.1, -0.05) is 154 Å². The van der Waals surface area contributed by atoms with E-state index in [1.54, 1.807) is 0 Å². The first-order valence-corrected chi connectivity index (χ1v) is 43.5. The number of nitrogens with zero attached hydrogens (tertiary/aromatic N) is 14. The lowest BCUT2D eigenvalue weighted by Gasteiger charge is -2.31. The molecule has 0 bridgehead atoms. The zero-order chi connectivity index (χ0) is 70.9. The van der Waals surface area contributed by atoms with Crippen molar-refractivity contribution < 1.29 is 0 Å². The van der Waals surface area contributed by atoms with Crippen LogP contribution in [0.5, 0.6) is 0 Å². The van der Waals surface area contributed by atoms with Gasteiger partial charge in [-0.2, -0.15) is 0 Å². The molecule has 12 heterocycles. The summed E-state index contributed by atoms with van der Waals surface area (Å²) in [6.45, 7) is 78.7. The summed E-state index contributed by atoms with van der Waals surface area (Å²) in [7, 11) is 4.39. The molecule has 12 saturated heterocycles. The van der Waals surface area contributed by atoms with E-state index in [1.165, 1.54) is 448 Å². The van der Waals surface area contributed by atoms with Crippen molar-refractivity contribution in [1.82, 2.24) is 68.6 Å². The van der Waals surface area contributed by atoms with E-state index in [2.05, 4.69) is 166 Å². The summed E-state index contributed by atoms with van der Waals surface area (Å²) in [6, 6.07) is 0. The maximum Gasteiger partial charge on any atom is 0.0110 e. The van der Waals surface area contributed by atoms with E-state index in [0.717, 1.165) is 0 Å². The lowest BCUT2D eigenvalue weighted by molar-refractivity contribution is 0.160. The molecule has 0 aliphatic carbocycles. The molecule has 0 atom stereocenters. The van der Waals surface area contributed by atoms with Gasteiger partial charge < -0.3 is 68.6 Å². The zero-order valence-corrected chi connectivity index (χ0v) is 69.1. The Hall–Kier alpha value is -0.560. The van der Waals surface area contributed by atoms with Crippen LogP contribution in [0.2, 0.25) is 0 Å². The number of likely N-dealkylation sites (tertiary alicyclic amines) is 9. The molecule has 0 unspecified atom stereocenters. The first kappa shape index (κ1) is 94.5. The minimum Gasteiger partial charge on any atom is -0.305 e. The molecular formula is C83H180N14. The summed E-state index contributed by atoms with van der Waals surface area (Å²) in [4.78, 5) is 34.8. The third-order valence-electron chi connectivity index (χ3n) is 22.6. The predicted octanol–water partition coefficient (Wildman–Crippen LogP) is 15.0. The summed E-state index contributed by atoms with van der Waals surface area (Å²) in [5, 5.41) is 0. The Bertz CT molecular complexity index is 1370. The van der Waals surface area contributed by atoms with Gasteiger partial charge in [-0.15, -0.1) is 0 Å². The van der Waals surface area contributed by atoms with Crippen molar-refractivity contribution in [3.63, 3.8) is 0 Å². The van der Waals surface area contributed by atoms with Crippen LogP contribution in [0, 0.1) is 0 Å². The van der Waals surface area contributed by atoms with Gasteiger partial charge in [-0.25, -0.2) is 0 Å². The zero-order valence-electron chi connectivity index (χ0n) is 69.1. The Morgan fingerprint density at radius 2 is 0.216 bits per heavy atom. The van der Waals surface area contributed by atoms with Crippen LogP contribution in [0.3, 0.4) is 0 Å². The first-order valence-electron chi connectivity index (χ1n) is 43.5. The maximum atomic E-state index is 2.55. The molecule has 12 aliphatic rings. The third kappa shape index (κ3) is 57.4. The van der Waals surface area contributed by atoms with Crippen LogP contribution in [0.4, 0.5) is 0 Å². The fourth-order valence-corrected chi connectivity index (χ4v) is 14.4. The Kier molecular flexibility index (Phi) is 68.0. The summed E-state index contributed by atoms with van der Waals surface area (Å²) in [5.41, 5.74) is 0. The minimum absolute atomic E-state index is 1.22. The van der Waals surface area contributed by atoms with Crippen LogP contribution in [0.15, 0.2) is 0 Å². The van der Waals surface area contributed by atoms with Crippen LogP contribution >= 0.6 is 0 Å². The van der Waals surface area contributed by atoms with Crippen LogP contribution < -0.4 is 0 Å². The number of piperidine rings is 3. The average molecular weight is 1370 g/mol. The fraction of sp³-hybridized carbons (Fsp3) is 1.00. The molecule has 12 rings (SSSR count). The second-order valence-electron chi connectivity index (χ2n) is 30.1. The van der Waals surface area contributed by atoms with Crippen molar-refractivity contribution >= 4 is 0 Å². The highest BCUT2D eigenvalue weighted by atomic mass is 15.3. The molecule has 0 aromatic heterocycles. The number of piperazine rings is 1. The minimum atomic E-state index is 1.22. The Morgan fingerprint density at radius 1 is 0.113 bits per heavy atom. The van der Waals surface area contributed by atoms with E-state index in [0.29, 0.717) is 0 Å². The largest absolute Gasteiger partial charge is 0.305 e. The highest BCUT2D eigenvalue weighted by Gasteiger charge is 2.15. The van der Waals surface area contributed by atoms with Crippen molar-refractivity contribution in [3.05, 3.63) is 0 Å². The van der Waals surface area contributed by atoms with Crippen LogP contribution in [-0.2, 0) is 0 Å². The monoisotopic (exact) mass is 1370 g/mol. The molecule has 0 N–H and O–H groups in total. The van der Waals surface area contributed by atoms with E-state index in [1.807, 2.05) is 0 Å². The molecule has 0 radical (unpaired) electrons. The summed E-state index contributed by atoms with van der Waals surface area (Å²) < 4.78 is 0. The van der Waals surface area contributed by atoms with E-state index in [4.69, 9.17) is 0 Å². The lowest BCUT2D eigenvalue weighted by atomic mass is 10.1. The number of likely N-dealkylation sites (N-methyl/N-ethyl adjacent to an activating group) is 5. The van der Waals surface area contributed by atoms with Gasteiger partial charge >= 0.3 is 0 Å². The van der Waals surface area contributed by atoms with Crippen LogP contribution in [0.25, 0.3) is 0 Å². The van der Waals surface area contributed by atoms with E-state index in [9.17, 15) is 0 Å². The SMILES string of the molecule is CCN1CC1.CCN1CCC1.CCN1CCCC1.CCN1CCCCC1.CCN1CCCCC1.CCN1CCCCC1.CCN1CCCCCC1.CCN1CCCCCC1.CCN1CCCCCC1.CCN1CCCCCC1.CCN1CCCN(C)CC1.CCN1CCN(C)CC1. The highest BCUT2D eigenvalue weighted by Crippen LogP contribution is 2.14. The molecule has 12 aliphatic heterocycles. The standard InChI is InChI=1S/C8H18N2.4C8H17N.C7H16N2.3C7H15N.C6H13N.C5H11N.C4H9N/c1-3-10-6-4-5-9(2)7-8-10;4*1-2-9-7-5-3-4-6-8-9;1-3-9-6-4-8(2)5-7-9;3*1-2-8-6-4-3-5-7-8;1-2-7-5-3-4-6-7;1-2-6-4-3-5-6;1-2-5-3-4-5/h3-8H2,1-2H3;4*2-8H2,1H3;3-7H2,1-2H3;3*2-7H2,1H3;2-6H2,1H3;2-5H2,1H3;2-4H2,1H3. The average Bonchev–Trinajstić information content (AvgIpc) is 4.05. The van der Waals surface area contributed by atoms with Gasteiger partial charge in [-0.3, -0.25) is 0 Å². The first-order chi connectivity index (χ1) is 47.5. The summed E-state index contributed by atoms with van der Waals surface area (Å²) >= 11 is 0. The van der Waals surface area contributed by atoms with Crippen molar-refractivity contribution in [2.45, 2.75) is 269 Å². The van der Waals surface area contributed by atoms with Gasteiger partial charge in [-0.05, 0) is 339 Å². The van der Waals surface area contributed by atoms with E-state index < -0.39 is 0 Å². The topological polar surface area (TPSA) is 45.1 Å². The summed E-state index contributed by atoms with van der Waals surface area (Å²) in [5.74, 6) is 0. The predicted molar refractivity (Wildman–Crippen MR) is 434 cm³/mol. The number of rotatable bonds is 12. The maximum absolute atomic E-state index is 2.55. The smallest absolute Gasteiger partial charge is 0.0110 e. The molecule has 14 heteroatoms. The molecule has 14 nitrogen and oxygen atoms in total. The van der Waals surface area contributed by atoms with Crippen LogP contribution in [0.1, 0.15) is 269 Å². The fourth-order valence-electron chi connectivity index (χ4n) is 14.4. The van der Waals surface area contributed by atoms with Crippen molar-refractivity contribution in [1.29, 1.82) is 0 Å². The van der Waals surface area contributed by atoms with E-state index in [-0.39, 0.29) is 0 Å². The third-order valence-corrected chi connectivity index (χ3v) is 22.6. The van der Waals surface area contributed by atoms with Gasteiger partial charge in [0.2, 0.25) is 0 Å². The van der Waals surface area contributed by atoms with Gasteiger partial charge in [0.1, 0.15) is 0 Å². The molecule has 12 fully saturated rings. The van der Waals surface area contributed by atoms with Crippen molar-refractivity contribution in [2.24, 2.45) is 0 Å². The van der Waals surface area contributed by atoms with Crippen molar-refractivity contribution in [2.75, 3.05) is 276 Å². The van der Waals surface area contributed by atoms with Crippen molar-refractivity contribution in [3.8, 4) is 0 Å². The quantitative estimate of drug-likeness (QED) is 0.174. The van der Waals surface area contributed by atoms with Gasteiger partial charge in [0, 0.05) is 52.4 Å². The second-order valence-corrected chi connectivity index (χ2v) is 30.1. The Morgan fingerprint density at radius 3 is 0.371 bits per heavy atom. The highest BCUT2D eigenvalue weighted by molar-refractivity contribution is 4.71. The molecule has 0 aromatic carbocycles. The molecule has 582 valence electrons. The van der Waals surface area contributed by atoms with Gasteiger partial charge in [0.15, 0.2) is 0 Å². The molecule has 0 aromatic rings. The summed E-state index contributed by atoms with van der Waals surface area (Å²) in [6.07, 6.45) is 41.6. The van der Waals surface area contributed by atoms with Gasteiger partial charge in [0.25, 0.3) is 0 Å². The van der Waals surface area contributed by atoms with Crippen LogP contribution in [-0.4, -0.2) is 344 Å². The molecule has 0 spiro atoms. The number of hydrogen-bond donors (Lipinski definition) is 0. The van der Waals surface area contributed by atoms with Gasteiger partial charge in [0.05, 0.1) is 0 Å². The second kappa shape index (κ2) is 69.8. The molecule has 0 amide bonds. The lowest BCUT2D eigenvalue weighted by Crippen LogP contribution is -2.44. The molecule has 0 saturated carbocycles. The normalized spacial score (nSPS) is 23.8. The molecular weight excluding hydrogens is 1190 g/mol. The Labute approximate surface area is 610 Å².